The Bertz CT molecular complexity index is 1220. The van der Waals surface area contributed by atoms with Gasteiger partial charge in [-0.25, -0.2) is 4.98 Å². The van der Waals surface area contributed by atoms with Crippen LogP contribution >= 0.6 is 0 Å². The Hall–Kier alpha value is -4.01. The maximum absolute atomic E-state index is 12.3. The normalized spacial score (nSPS) is 18.1. The van der Waals surface area contributed by atoms with Gasteiger partial charge in [0.2, 0.25) is 11.9 Å². The van der Waals surface area contributed by atoms with Gasteiger partial charge in [-0.05, 0) is 49.5 Å². The molecule has 176 valence electrons. The lowest BCUT2D eigenvalue weighted by Gasteiger charge is -2.29. The lowest BCUT2D eigenvalue weighted by Crippen LogP contribution is -2.39. The molecule has 1 aliphatic rings. The summed E-state index contributed by atoms with van der Waals surface area (Å²) in [5.74, 6) is 1.30. The van der Waals surface area contributed by atoms with Crippen molar-refractivity contribution in [3.05, 3.63) is 70.3 Å². The highest BCUT2D eigenvalue weighted by molar-refractivity contribution is 5.92. The van der Waals surface area contributed by atoms with E-state index in [1.54, 1.807) is 18.2 Å². The molecule has 0 bridgehead atoms. The van der Waals surface area contributed by atoms with Gasteiger partial charge in [0.05, 0.1) is 10.4 Å². The predicted molar refractivity (Wildman–Crippen MR) is 134 cm³/mol. The number of non-ortho nitro benzene ring substituents is 1. The number of carbonyl (C=O) groups is 1. The Morgan fingerprint density at radius 2 is 1.79 bits per heavy atom. The van der Waals surface area contributed by atoms with Crippen LogP contribution in [0.3, 0.4) is 0 Å². The molecule has 1 aliphatic carbocycles. The molecule has 1 saturated carbocycles. The largest absolute Gasteiger partial charge is 0.362 e. The number of nitrogens with one attached hydrogen (secondary N) is 2. The Morgan fingerprint density at radius 3 is 2.53 bits per heavy atom. The summed E-state index contributed by atoms with van der Waals surface area (Å²) in [5.41, 5.74) is 1.52. The fraction of sp³-hybridized carbons (Fsp3) is 0.320. The molecule has 2 aromatic carbocycles. The number of aromatic nitrogens is 2. The molecule has 0 saturated heterocycles. The van der Waals surface area contributed by atoms with Crippen molar-refractivity contribution in [2.45, 2.75) is 37.8 Å². The van der Waals surface area contributed by atoms with Gasteiger partial charge < -0.3 is 15.5 Å². The first-order valence-corrected chi connectivity index (χ1v) is 11.3. The van der Waals surface area contributed by atoms with Gasteiger partial charge in [0.15, 0.2) is 0 Å². The average Bonchev–Trinajstić information content (AvgIpc) is 2.83. The van der Waals surface area contributed by atoms with Gasteiger partial charge in [0.25, 0.3) is 5.69 Å². The van der Waals surface area contributed by atoms with Gasteiger partial charge in [-0.1, -0.05) is 24.3 Å². The summed E-state index contributed by atoms with van der Waals surface area (Å²) in [7, 11) is 3.94. The minimum absolute atomic E-state index is 0.00137. The first kappa shape index (κ1) is 23.2. The zero-order valence-corrected chi connectivity index (χ0v) is 19.3. The van der Waals surface area contributed by atoms with Crippen molar-refractivity contribution in [2.75, 3.05) is 24.3 Å². The number of fused-ring (bicyclic) bond motifs is 1. The van der Waals surface area contributed by atoms with Crippen molar-refractivity contribution in [1.82, 2.24) is 15.3 Å². The third kappa shape index (κ3) is 5.67. The van der Waals surface area contributed by atoms with Crippen LogP contribution in [0.15, 0.2) is 54.6 Å². The summed E-state index contributed by atoms with van der Waals surface area (Å²) < 4.78 is 0. The van der Waals surface area contributed by atoms with Crippen LogP contribution in [-0.4, -0.2) is 47.0 Å². The maximum Gasteiger partial charge on any atom is 0.270 e. The van der Waals surface area contributed by atoms with E-state index in [0.717, 1.165) is 42.4 Å². The quantitative estimate of drug-likeness (QED) is 0.309. The molecule has 9 nitrogen and oxygen atoms in total. The molecule has 0 aliphatic heterocycles. The minimum atomic E-state index is -0.450. The van der Waals surface area contributed by atoms with Crippen molar-refractivity contribution in [1.29, 1.82) is 0 Å². The van der Waals surface area contributed by atoms with Crippen LogP contribution in [0.1, 0.15) is 31.2 Å². The van der Waals surface area contributed by atoms with Crippen LogP contribution in [0, 0.1) is 10.1 Å². The average molecular weight is 461 g/mol. The summed E-state index contributed by atoms with van der Waals surface area (Å²) in [6.07, 6.45) is 6.51. The van der Waals surface area contributed by atoms with E-state index in [2.05, 4.69) is 15.6 Å². The van der Waals surface area contributed by atoms with E-state index < -0.39 is 4.92 Å². The molecule has 1 aromatic heterocycles. The van der Waals surface area contributed by atoms with Crippen molar-refractivity contribution in [3.63, 3.8) is 0 Å². The van der Waals surface area contributed by atoms with Gasteiger partial charge >= 0.3 is 0 Å². The van der Waals surface area contributed by atoms with E-state index in [1.165, 1.54) is 18.2 Å². The molecule has 4 rings (SSSR count). The number of carbonyl (C=O) groups excluding carboxylic acids is 1. The third-order valence-corrected chi connectivity index (χ3v) is 5.92. The molecule has 9 heteroatoms. The number of nitro benzene ring substituents is 1. The Morgan fingerprint density at radius 1 is 1.06 bits per heavy atom. The van der Waals surface area contributed by atoms with E-state index in [9.17, 15) is 14.9 Å². The first-order chi connectivity index (χ1) is 16.4. The molecule has 1 amide bonds. The molecule has 1 fully saturated rings. The van der Waals surface area contributed by atoms with Gasteiger partial charge in [0, 0.05) is 49.8 Å². The van der Waals surface area contributed by atoms with Gasteiger partial charge in [-0.2, -0.15) is 4.98 Å². The molecular weight excluding hydrogens is 432 g/mol. The molecule has 0 radical (unpaired) electrons. The standard InChI is InChI=1S/C25H28N6O3/c1-30(2)24-21-8-3-4-9-22(21)28-25(29-24)27-19-13-11-18(12-14-19)26-23(32)15-10-17-6-5-7-20(16-17)31(33)34/h3-10,15-16,18-19H,11-14H2,1-2H3,(H,26,32)(H,27,28,29). The van der Waals surface area contributed by atoms with Crippen LogP contribution in [0.25, 0.3) is 17.0 Å². The smallest absolute Gasteiger partial charge is 0.270 e. The van der Waals surface area contributed by atoms with Crippen LogP contribution < -0.4 is 15.5 Å². The van der Waals surface area contributed by atoms with E-state index in [0.29, 0.717) is 11.5 Å². The van der Waals surface area contributed by atoms with Crippen molar-refractivity contribution in [3.8, 4) is 0 Å². The highest BCUT2D eigenvalue weighted by Crippen LogP contribution is 2.26. The second kappa shape index (κ2) is 10.3. The molecule has 3 aromatic rings. The van der Waals surface area contributed by atoms with Crippen LogP contribution in [-0.2, 0) is 4.79 Å². The molecule has 2 N–H and O–H groups in total. The lowest BCUT2D eigenvalue weighted by molar-refractivity contribution is -0.384. The SMILES string of the molecule is CN(C)c1nc(NC2CCC(NC(=O)C=Cc3cccc([N+](=O)[O-])c3)CC2)nc2ccccc12. The van der Waals surface area contributed by atoms with Crippen LogP contribution in [0.5, 0.6) is 0 Å². The fourth-order valence-electron chi connectivity index (χ4n) is 4.19. The molecule has 0 spiro atoms. The van der Waals surface area contributed by atoms with Gasteiger partial charge in [-0.15, -0.1) is 0 Å². The summed E-state index contributed by atoms with van der Waals surface area (Å²) in [4.78, 5) is 34.2. The predicted octanol–water partition coefficient (Wildman–Crippen LogP) is 4.16. The van der Waals surface area contributed by atoms with Gasteiger partial charge in [0.1, 0.15) is 5.82 Å². The molecule has 0 unspecified atom stereocenters. The Kier molecular flexibility index (Phi) is 7.01. The maximum atomic E-state index is 12.3. The van der Waals surface area contributed by atoms with Crippen molar-refractivity contribution in [2.24, 2.45) is 0 Å². The number of benzene rings is 2. The number of rotatable bonds is 7. The summed E-state index contributed by atoms with van der Waals surface area (Å²) in [6.45, 7) is 0. The van der Waals surface area contributed by atoms with E-state index in [4.69, 9.17) is 4.98 Å². The fourth-order valence-corrected chi connectivity index (χ4v) is 4.19. The van der Waals surface area contributed by atoms with E-state index >= 15 is 0 Å². The highest BCUT2D eigenvalue weighted by atomic mass is 16.6. The lowest BCUT2D eigenvalue weighted by atomic mass is 9.91. The number of nitrogens with zero attached hydrogens (tertiary/aromatic N) is 4. The van der Waals surface area contributed by atoms with Crippen molar-refractivity contribution < 1.29 is 9.72 Å². The Balaban J connectivity index is 1.31. The minimum Gasteiger partial charge on any atom is -0.362 e. The first-order valence-electron chi connectivity index (χ1n) is 11.3. The monoisotopic (exact) mass is 460 g/mol. The topological polar surface area (TPSA) is 113 Å². The number of amides is 1. The van der Waals surface area contributed by atoms with Gasteiger partial charge in [-0.3, -0.25) is 14.9 Å². The summed E-state index contributed by atoms with van der Waals surface area (Å²) in [5, 5.41) is 18.4. The number of hydrogen-bond acceptors (Lipinski definition) is 7. The zero-order chi connectivity index (χ0) is 24.1. The second-order valence-corrected chi connectivity index (χ2v) is 8.67. The highest BCUT2D eigenvalue weighted by Gasteiger charge is 2.23. The number of nitro groups is 1. The third-order valence-electron chi connectivity index (χ3n) is 5.92. The molecule has 0 atom stereocenters. The number of anilines is 2. The van der Waals surface area contributed by atoms with Crippen LogP contribution in [0.2, 0.25) is 0 Å². The summed E-state index contributed by atoms with van der Waals surface area (Å²) in [6, 6.07) is 14.5. The molecule has 1 heterocycles. The second-order valence-electron chi connectivity index (χ2n) is 8.67. The zero-order valence-electron chi connectivity index (χ0n) is 19.3. The molecule has 34 heavy (non-hydrogen) atoms. The summed E-state index contributed by atoms with van der Waals surface area (Å²) >= 11 is 0. The Labute approximate surface area is 198 Å². The number of para-hydroxylation sites is 1. The number of hydrogen-bond donors (Lipinski definition) is 2. The van der Waals surface area contributed by atoms with Crippen molar-refractivity contribution >= 4 is 40.3 Å². The van der Waals surface area contributed by atoms with E-state index in [1.807, 2.05) is 43.3 Å². The van der Waals surface area contributed by atoms with Crippen LogP contribution in [0.4, 0.5) is 17.5 Å². The van der Waals surface area contributed by atoms with E-state index in [-0.39, 0.29) is 23.7 Å². The molecular formula is C25H28N6O3.